The number of nitrogens with one attached hydrogen (secondary N) is 1. The molecule has 1 aromatic heterocycles. The minimum Gasteiger partial charge on any atom is -0.778 e. The summed E-state index contributed by atoms with van der Waals surface area (Å²) in [5.74, 6) is -2.06. The summed E-state index contributed by atoms with van der Waals surface area (Å²) in [5.41, 5.74) is 6.91. The fourth-order valence-electron chi connectivity index (χ4n) is 4.52. The van der Waals surface area contributed by atoms with Crippen LogP contribution in [0.5, 0.6) is 0 Å². The number of hydrogen-bond acceptors (Lipinski definition) is 11. The van der Waals surface area contributed by atoms with Crippen molar-refractivity contribution < 1.29 is 56.7 Å². The number of halogens is 8. The Balaban J connectivity index is 0. The van der Waals surface area contributed by atoms with E-state index in [-0.39, 0.29) is 40.2 Å². The summed E-state index contributed by atoms with van der Waals surface area (Å²) in [5, 5.41) is 23.5. The Morgan fingerprint density at radius 3 is 2.02 bits per heavy atom. The van der Waals surface area contributed by atoms with Crippen molar-refractivity contribution >= 4 is 111 Å². The van der Waals surface area contributed by atoms with Crippen molar-refractivity contribution in [3.8, 4) is 5.69 Å². The Morgan fingerprint density at radius 1 is 1.12 bits per heavy atom. The highest BCUT2D eigenvalue weighted by Crippen LogP contribution is 2.39. The fourth-order valence-corrected chi connectivity index (χ4v) is 5.98. The van der Waals surface area contributed by atoms with Gasteiger partial charge in [0.05, 0.1) is 57.8 Å². The maximum absolute atomic E-state index is 12.6. The number of para-hydroxylation sites is 1. The quantitative estimate of drug-likeness (QED) is 0.0195. The highest BCUT2D eigenvalue weighted by molar-refractivity contribution is 7.94. The van der Waals surface area contributed by atoms with E-state index in [2.05, 4.69) is 43.9 Å². The van der Waals surface area contributed by atoms with Gasteiger partial charge in [0.1, 0.15) is 32.1 Å². The number of aromatic nitrogens is 2. The number of nitrogens with zero attached hydrogens (tertiary/aromatic N) is 5. The van der Waals surface area contributed by atoms with E-state index < -0.39 is 59.4 Å². The molecule has 0 bridgehead atoms. The number of hydrogen-bond donors (Lipinski definition) is 4. The van der Waals surface area contributed by atoms with Gasteiger partial charge in [-0.1, -0.05) is 83.7 Å². The molecule has 17 nitrogen and oxygen atoms in total. The summed E-state index contributed by atoms with van der Waals surface area (Å²) in [6, 6.07) is 7.30. The molecule has 1 heterocycles. The van der Waals surface area contributed by atoms with E-state index in [4.69, 9.17) is 78.5 Å². The van der Waals surface area contributed by atoms with Crippen LogP contribution in [-0.4, -0.2) is 116 Å². The lowest BCUT2D eigenvalue weighted by Crippen LogP contribution is -2.35. The van der Waals surface area contributed by atoms with Gasteiger partial charge in [0, 0.05) is 19.7 Å². The van der Waals surface area contributed by atoms with E-state index >= 15 is 0 Å². The smallest absolute Gasteiger partial charge is 0.416 e. The third-order valence-corrected chi connectivity index (χ3v) is 8.94. The summed E-state index contributed by atoms with van der Waals surface area (Å²) in [4.78, 5) is 62.9. The number of rotatable bonds is 17. The van der Waals surface area contributed by atoms with Crippen LogP contribution >= 0.6 is 65.6 Å². The number of aliphatic carboxylic acids is 1. The highest BCUT2D eigenvalue weighted by atomic mass is 35.5. The van der Waals surface area contributed by atoms with E-state index in [1.54, 1.807) is 17.1 Å². The average Bonchev–Trinajstić information content (AvgIpc) is 3.57. The predicted octanol–water partition coefficient (Wildman–Crippen LogP) is 7.46. The number of carbonyl (C=O) groups excluding carboxylic acids is 2. The van der Waals surface area contributed by atoms with Crippen molar-refractivity contribution in [3.63, 3.8) is 0 Å². The summed E-state index contributed by atoms with van der Waals surface area (Å²) >= 11 is 28.0. The SMILES string of the molecule is C=CCN(CC=C)C(=O)C(Cl)Cl.CCOCN(C(=O)CCl)c1c(C)cccc1CC.C[S+](C)C.Nc1c([N+](=O)[O-])cnn1-c1c(Cl)cc(C(F)(F)F)cc1Cl.O=C(O)CNCP(=O)([O-])O. The van der Waals surface area contributed by atoms with Gasteiger partial charge in [0.15, 0.2) is 4.84 Å². The highest BCUT2D eigenvalue weighted by Gasteiger charge is 2.33. The Hall–Kier alpha value is -3.60. The lowest BCUT2D eigenvalue weighted by molar-refractivity contribution is -0.383. The molecule has 1 atom stereocenters. The molecule has 65 heavy (non-hydrogen) atoms. The number of alkyl halides is 6. The molecule has 0 aliphatic heterocycles. The van der Waals surface area contributed by atoms with Crippen molar-refractivity contribution in [1.82, 2.24) is 20.0 Å². The summed E-state index contributed by atoms with van der Waals surface area (Å²) in [6.07, 6.45) is 6.18. The first-order valence-corrected chi connectivity index (χ1v) is 24.7. The van der Waals surface area contributed by atoms with Gasteiger partial charge in [-0.05, 0) is 54.4 Å². The van der Waals surface area contributed by atoms with Gasteiger partial charge in [-0.2, -0.15) is 18.3 Å². The number of nitro groups is 1. The van der Waals surface area contributed by atoms with Crippen LogP contribution in [0.4, 0.5) is 30.4 Å². The Bertz CT molecular complexity index is 2030. The lowest BCUT2D eigenvalue weighted by atomic mass is 10.0. The largest absolute Gasteiger partial charge is 0.778 e. The van der Waals surface area contributed by atoms with E-state index in [1.807, 2.05) is 37.4 Å². The Labute approximate surface area is 403 Å². The van der Waals surface area contributed by atoms with Crippen molar-refractivity contribution in [1.29, 1.82) is 0 Å². The second-order valence-electron chi connectivity index (χ2n) is 12.8. The number of amides is 2. The number of aryl methyl sites for hydroxylation is 2. The van der Waals surface area contributed by atoms with E-state index in [9.17, 15) is 47.1 Å². The third kappa shape index (κ3) is 25.2. The second kappa shape index (κ2) is 32.2. The molecule has 5 N–H and O–H groups in total. The van der Waals surface area contributed by atoms with Crippen LogP contribution in [0.25, 0.3) is 5.69 Å². The number of ether oxygens (including phenoxy) is 1. The van der Waals surface area contributed by atoms with Crippen molar-refractivity contribution in [2.45, 2.75) is 38.2 Å². The molecule has 366 valence electrons. The van der Waals surface area contributed by atoms with Gasteiger partial charge in [-0.15, -0.1) is 24.8 Å². The van der Waals surface area contributed by atoms with Crippen LogP contribution in [-0.2, 0) is 47.2 Å². The zero-order valence-electron chi connectivity index (χ0n) is 36.1. The van der Waals surface area contributed by atoms with Crippen molar-refractivity contribution in [2.24, 2.45) is 0 Å². The molecule has 0 aliphatic carbocycles. The van der Waals surface area contributed by atoms with E-state index in [0.29, 0.717) is 42.7 Å². The maximum atomic E-state index is 12.6. The number of carbonyl (C=O) groups is 3. The molecule has 3 aromatic rings. The zero-order chi connectivity index (χ0) is 50.8. The molecule has 27 heteroatoms. The van der Waals surface area contributed by atoms with Crippen LogP contribution in [0.15, 0.2) is 61.8 Å². The minimum absolute atomic E-state index is 0.0371. The molecule has 0 radical (unpaired) electrons. The van der Waals surface area contributed by atoms with E-state index in [0.717, 1.165) is 34.1 Å². The molecular formula is C38H52Cl5F3N7O10PS. The molecular weight excluding hydrogens is 1010 g/mol. The molecule has 2 aromatic carbocycles. The van der Waals surface area contributed by atoms with Gasteiger partial charge >= 0.3 is 17.8 Å². The van der Waals surface area contributed by atoms with Crippen LogP contribution < -0.4 is 20.8 Å². The first-order valence-electron chi connectivity index (χ1n) is 18.4. The van der Waals surface area contributed by atoms with Gasteiger partial charge < -0.3 is 34.8 Å². The van der Waals surface area contributed by atoms with Gasteiger partial charge in [-0.25, -0.2) is 4.68 Å². The van der Waals surface area contributed by atoms with Crippen molar-refractivity contribution in [2.75, 3.05) is 74.5 Å². The number of nitrogens with two attached hydrogens (primary N) is 1. The van der Waals surface area contributed by atoms with Crippen LogP contribution in [0.1, 0.15) is 30.5 Å². The molecule has 0 saturated heterocycles. The molecule has 0 aliphatic rings. The standard InChI is InChI=1S/C14H20ClNO2.C10H5Cl2F3N4O2.C8H11Cl2NO.C3H8NO5P.C3H9S/c1-4-12-8-6-7-11(3)14(12)16(10-18-5-2)13(17)9-15;11-5-1-4(10(13,14)15)2-6(12)8(5)18-9(16)7(3-17-18)19(20)21;1-3-5-11(6-4-2)8(12)7(9)10;5-3(6)1-4-2-10(7,8)9;1-4(2)3/h6-8H,4-5,9-10H2,1-3H3;1-3H,16H2;3-4,7H,1-2,5-6H2;4H,1-2H2,(H,5,6)(H2,7,8,9);1-3H3/q;;;;+1/p-1. The topological polar surface area (TPSA) is 247 Å². The first kappa shape index (κ1) is 63.5. The number of anilines is 2. The summed E-state index contributed by atoms with van der Waals surface area (Å²) in [7, 11) is -3.71. The van der Waals surface area contributed by atoms with Crippen molar-refractivity contribution in [3.05, 3.63) is 98.7 Å². The number of carboxylic acid groups (broad SMARTS) is 1. The zero-order valence-corrected chi connectivity index (χ0v) is 41.6. The third-order valence-electron chi connectivity index (χ3n) is 7.14. The monoisotopic (exact) mass is 1060 g/mol. The summed E-state index contributed by atoms with van der Waals surface area (Å²) < 4.78 is 54.0. The molecule has 1 unspecified atom stereocenters. The normalized spacial score (nSPS) is 11.5. The van der Waals surface area contributed by atoms with Crippen LogP contribution in [0, 0.1) is 17.0 Å². The predicted molar refractivity (Wildman–Crippen MR) is 253 cm³/mol. The second-order valence-corrected chi connectivity index (χ2v) is 19.1. The summed E-state index contributed by atoms with van der Waals surface area (Å²) in [6.45, 7) is 14.2. The van der Waals surface area contributed by atoms with E-state index in [1.165, 1.54) is 4.90 Å². The molecule has 0 fully saturated rings. The minimum atomic E-state index is -4.63. The molecule has 0 saturated carbocycles. The molecule has 0 spiro atoms. The number of carboxylic acids is 1. The lowest BCUT2D eigenvalue weighted by Gasteiger charge is -2.25. The van der Waals surface area contributed by atoms with Gasteiger partial charge in [0.2, 0.25) is 11.7 Å². The maximum Gasteiger partial charge on any atom is 0.416 e. The number of benzene rings is 2. The van der Waals surface area contributed by atoms with Gasteiger partial charge in [-0.3, -0.25) is 34.7 Å². The Morgan fingerprint density at radius 2 is 1.65 bits per heavy atom. The average molecular weight is 1060 g/mol. The fraction of sp³-hybridized carbons (Fsp3) is 0.421. The first-order chi connectivity index (χ1) is 30.1. The molecule has 3 rings (SSSR count). The van der Waals surface area contributed by atoms with Crippen LogP contribution in [0.2, 0.25) is 10.0 Å². The number of nitrogen functional groups attached to an aromatic ring is 1. The van der Waals surface area contributed by atoms with Gasteiger partial charge in [0.25, 0.3) is 5.91 Å². The van der Waals surface area contributed by atoms with Crippen LogP contribution in [0.3, 0.4) is 0 Å². The Kier molecular flexibility index (Phi) is 31.4. The molecule has 2 amide bonds.